The van der Waals surface area contributed by atoms with Crippen LogP contribution in [0.3, 0.4) is 0 Å². The number of hydrogen-bond acceptors (Lipinski definition) is 4. The highest BCUT2D eigenvalue weighted by Gasteiger charge is 2.44. The van der Waals surface area contributed by atoms with E-state index in [2.05, 4.69) is 15.5 Å². The highest BCUT2D eigenvalue weighted by atomic mass is 19.4. The van der Waals surface area contributed by atoms with E-state index in [4.69, 9.17) is 4.52 Å². The Hall–Kier alpha value is -2.52. The van der Waals surface area contributed by atoms with Crippen LogP contribution in [0.25, 0.3) is 0 Å². The van der Waals surface area contributed by atoms with E-state index in [1.807, 2.05) is 12.2 Å². The third-order valence-corrected chi connectivity index (χ3v) is 2.87. The van der Waals surface area contributed by atoms with Crippen LogP contribution in [-0.4, -0.2) is 26.9 Å². The number of halogens is 3. The fourth-order valence-electron chi connectivity index (χ4n) is 1.77. The number of rotatable bonds is 4. The van der Waals surface area contributed by atoms with E-state index < -0.39 is 18.2 Å². The van der Waals surface area contributed by atoms with Crippen LogP contribution in [0.4, 0.5) is 23.8 Å². The molecule has 0 aromatic carbocycles. The molecule has 2 aromatic heterocycles. The number of nitrogens with zero attached hydrogens (tertiary/aromatic N) is 3. The number of imidazole rings is 1. The first kappa shape index (κ1) is 15.9. The Morgan fingerprint density at radius 1 is 1.50 bits per heavy atom. The van der Waals surface area contributed by atoms with Gasteiger partial charge in [0.1, 0.15) is 11.6 Å². The first-order chi connectivity index (χ1) is 10.3. The van der Waals surface area contributed by atoms with Crippen LogP contribution < -0.4 is 10.6 Å². The van der Waals surface area contributed by atoms with Crippen molar-refractivity contribution in [3.63, 3.8) is 0 Å². The maximum Gasteiger partial charge on any atom is 0.416 e. The van der Waals surface area contributed by atoms with Gasteiger partial charge in [-0.25, -0.2) is 9.78 Å². The molecule has 0 radical (unpaired) electrons. The lowest BCUT2D eigenvalue weighted by Crippen LogP contribution is -2.41. The summed E-state index contributed by atoms with van der Waals surface area (Å²) in [5.41, 5.74) is 0. The second-order valence-electron chi connectivity index (χ2n) is 4.50. The molecule has 2 aromatic rings. The van der Waals surface area contributed by atoms with Gasteiger partial charge >= 0.3 is 12.2 Å². The number of anilines is 1. The van der Waals surface area contributed by atoms with Gasteiger partial charge in [-0.05, 0) is 0 Å². The zero-order valence-corrected chi connectivity index (χ0v) is 11.8. The van der Waals surface area contributed by atoms with Crippen LogP contribution in [-0.2, 0) is 13.5 Å². The third-order valence-electron chi connectivity index (χ3n) is 2.87. The Morgan fingerprint density at radius 2 is 2.23 bits per heavy atom. The minimum absolute atomic E-state index is 0.0371. The van der Waals surface area contributed by atoms with Crippen LogP contribution in [0.2, 0.25) is 0 Å². The quantitative estimate of drug-likeness (QED) is 0.907. The maximum atomic E-state index is 13.1. The van der Waals surface area contributed by atoms with Gasteiger partial charge in [-0.2, -0.15) is 13.2 Å². The highest BCUT2D eigenvalue weighted by molar-refractivity contribution is 5.88. The van der Waals surface area contributed by atoms with E-state index in [-0.39, 0.29) is 11.6 Å². The lowest BCUT2D eigenvalue weighted by Gasteiger charge is -2.21. The van der Waals surface area contributed by atoms with Crippen molar-refractivity contribution in [3.8, 4) is 0 Å². The van der Waals surface area contributed by atoms with Gasteiger partial charge in [0, 0.05) is 31.9 Å². The predicted molar refractivity (Wildman–Crippen MR) is 70.0 cm³/mol. The molecule has 0 saturated heterocycles. The van der Waals surface area contributed by atoms with E-state index >= 15 is 0 Å². The van der Waals surface area contributed by atoms with Crippen molar-refractivity contribution in [2.24, 2.45) is 7.05 Å². The summed E-state index contributed by atoms with van der Waals surface area (Å²) in [5, 5.41) is 7.55. The monoisotopic (exact) mass is 317 g/mol. The Labute approximate surface area is 123 Å². The van der Waals surface area contributed by atoms with Crippen molar-refractivity contribution in [1.29, 1.82) is 0 Å². The van der Waals surface area contributed by atoms with Gasteiger partial charge in [-0.3, -0.25) is 5.32 Å². The van der Waals surface area contributed by atoms with Crippen LogP contribution in [0.1, 0.15) is 24.6 Å². The molecule has 10 heteroatoms. The molecule has 22 heavy (non-hydrogen) atoms. The Kier molecular flexibility index (Phi) is 4.38. The summed E-state index contributed by atoms with van der Waals surface area (Å²) >= 11 is 0. The summed E-state index contributed by atoms with van der Waals surface area (Å²) in [4.78, 5) is 15.4. The third kappa shape index (κ3) is 3.57. The molecule has 2 heterocycles. The van der Waals surface area contributed by atoms with Crippen molar-refractivity contribution >= 4 is 11.8 Å². The molecular formula is C12H14F3N5O2. The molecular weight excluding hydrogens is 303 g/mol. The van der Waals surface area contributed by atoms with E-state index in [1.54, 1.807) is 0 Å². The lowest BCUT2D eigenvalue weighted by molar-refractivity contribution is -0.156. The second kappa shape index (κ2) is 6.08. The van der Waals surface area contributed by atoms with Gasteiger partial charge in [0.05, 0.1) is 0 Å². The summed E-state index contributed by atoms with van der Waals surface area (Å²) in [6, 6.07) is -1.85. The molecule has 0 bridgehead atoms. The second-order valence-corrected chi connectivity index (χ2v) is 4.50. The highest BCUT2D eigenvalue weighted by Crippen LogP contribution is 2.31. The van der Waals surface area contributed by atoms with E-state index in [0.717, 1.165) is 0 Å². The first-order valence-electron chi connectivity index (χ1n) is 6.38. The largest absolute Gasteiger partial charge is 0.416 e. The molecule has 2 N–H and O–H groups in total. The number of alkyl halides is 3. The summed E-state index contributed by atoms with van der Waals surface area (Å²) in [6.07, 6.45) is -1.55. The van der Waals surface area contributed by atoms with Crippen LogP contribution >= 0.6 is 0 Å². The number of urea groups is 1. The zero-order valence-electron chi connectivity index (χ0n) is 11.8. The van der Waals surface area contributed by atoms with Gasteiger partial charge in [-0.15, -0.1) is 0 Å². The van der Waals surface area contributed by atoms with Crippen molar-refractivity contribution in [2.75, 3.05) is 5.32 Å². The number of carbonyl (C=O) groups is 1. The van der Waals surface area contributed by atoms with Crippen molar-refractivity contribution in [2.45, 2.75) is 25.6 Å². The molecule has 0 unspecified atom stereocenters. The smallest absolute Gasteiger partial charge is 0.359 e. The van der Waals surface area contributed by atoms with Gasteiger partial charge in [0.2, 0.25) is 0 Å². The SMILES string of the molecule is CCc1cc(NC(=O)N[C@H](c2nccn2C)C(F)(F)F)no1. The van der Waals surface area contributed by atoms with Gasteiger partial charge < -0.3 is 14.4 Å². The number of nitrogens with one attached hydrogen (secondary N) is 2. The number of aromatic nitrogens is 3. The normalized spacial score (nSPS) is 13.0. The number of carbonyl (C=O) groups excluding carboxylic acids is 1. The summed E-state index contributed by atoms with van der Waals surface area (Å²) < 4.78 is 45.3. The van der Waals surface area contributed by atoms with Crippen molar-refractivity contribution < 1.29 is 22.5 Å². The fourth-order valence-corrected chi connectivity index (χ4v) is 1.77. The summed E-state index contributed by atoms with van der Waals surface area (Å²) in [7, 11) is 1.41. The van der Waals surface area contributed by atoms with E-state index in [1.165, 1.54) is 30.1 Å². The molecule has 7 nitrogen and oxygen atoms in total. The average Bonchev–Trinajstić information content (AvgIpc) is 3.03. The topological polar surface area (TPSA) is 85.0 Å². The molecule has 2 amide bonds. The van der Waals surface area contributed by atoms with Gasteiger partial charge in [0.15, 0.2) is 11.9 Å². The fraction of sp³-hybridized carbons (Fsp3) is 0.417. The molecule has 0 fully saturated rings. The zero-order chi connectivity index (χ0) is 16.3. The summed E-state index contributed by atoms with van der Waals surface area (Å²) in [5.74, 6) is 0.221. The molecule has 0 aliphatic rings. The lowest BCUT2D eigenvalue weighted by atomic mass is 10.2. The Morgan fingerprint density at radius 3 is 2.73 bits per heavy atom. The Balaban J connectivity index is 2.10. The standard InChI is InChI=1S/C12H14F3N5O2/c1-3-7-6-8(19-22-7)17-11(21)18-9(12(13,14)15)10-16-4-5-20(10)2/h4-6,9H,3H2,1-2H3,(H2,17,18,19,21)/t9-/m1/s1. The molecule has 1 atom stereocenters. The minimum atomic E-state index is -4.69. The molecule has 0 aliphatic carbocycles. The molecule has 0 aliphatic heterocycles. The van der Waals surface area contributed by atoms with Gasteiger partial charge in [0.25, 0.3) is 0 Å². The summed E-state index contributed by atoms with van der Waals surface area (Å²) in [6.45, 7) is 1.81. The minimum Gasteiger partial charge on any atom is -0.359 e. The average molecular weight is 317 g/mol. The molecule has 120 valence electrons. The number of aryl methyl sites for hydroxylation is 2. The van der Waals surface area contributed by atoms with E-state index in [9.17, 15) is 18.0 Å². The molecule has 2 rings (SSSR count). The predicted octanol–water partition coefficient (Wildman–Crippen LogP) is 2.40. The molecule has 0 spiro atoms. The van der Waals surface area contributed by atoms with Crippen LogP contribution in [0.5, 0.6) is 0 Å². The molecule has 0 saturated carbocycles. The van der Waals surface area contributed by atoms with Crippen LogP contribution in [0.15, 0.2) is 23.0 Å². The van der Waals surface area contributed by atoms with Crippen molar-refractivity contribution in [1.82, 2.24) is 20.0 Å². The maximum absolute atomic E-state index is 13.1. The van der Waals surface area contributed by atoms with E-state index in [0.29, 0.717) is 12.2 Å². The van der Waals surface area contributed by atoms with Crippen LogP contribution in [0, 0.1) is 0 Å². The Bertz CT molecular complexity index is 649. The van der Waals surface area contributed by atoms with Crippen molar-refractivity contribution in [3.05, 3.63) is 30.0 Å². The number of amides is 2. The number of hydrogen-bond donors (Lipinski definition) is 2. The first-order valence-corrected chi connectivity index (χ1v) is 6.38. The van der Waals surface area contributed by atoms with Gasteiger partial charge in [-0.1, -0.05) is 12.1 Å².